The molecule has 1 unspecified atom stereocenters. The maximum Gasteiger partial charge on any atom is 0.257 e. The molecule has 0 fully saturated rings. The number of ether oxygens (including phenoxy) is 1. The van der Waals surface area contributed by atoms with E-state index in [2.05, 4.69) is 4.74 Å². The lowest BCUT2D eigenvalue weighted by Gasteiger charge is -2.15. The van der Waals surface area contributed by atoms with Crippen molar-refractivity contribution in [3.63, 3.8) is 0 Å². The Labute approximate surface area is 83.6 Å². The highest BCUT2D eigenvalue weighted by Gasteiger charge is 2.23. The summed E-state index contributed by atoms with van der Waals surface area (Å²) >= 11 is 0. The van der Waals surface area contributed by atoms with Gasteiger partial charge in [-0.25, -0.2) is 17.6 Å². The topological polar surface area (TPSA) is 35.2 Å². The minimum Gasteiger partial charge on any atom is -0.496 e. The van der Waals surface area contributed by atoms with Gasteiger partial charge in [0.2, 0.25) is 0 Å². The van der Waals surface area contributed by atoms with Gasteiger partial charge >= 0.3 is 0 Å². The van der Waals surface area contributed by atoms with Crippen molar-refractivity contribution in [2.45, 2.75) is 12.5 Å². The molecule has 0 saturated carbocycles. The maximum atomic E-state index is 12.8. The average Bonchev–Trinajstić information content (AvgIpc) is 2.20. The van der Waals surface area contributed by atoms with Gasteiger partial charge in [-0.1, -0.05) is 0 Å². The van der Waals surface area contributed by atoms with E-state index in [1.165, 1.54) is 0 Å². The van der Waals surface area contributed by atoms with Gasteiger partial charge in [-0.05, 0) is 6.07 Å². The van der Waals surface area contributed by atoms with Crippen molar-refractivity contribution in [3.8, 4) is 5.75 Å². The Hall–Kier alpha value is -1.30. The van der Waals surface area contributed by atoms with E-state index >= 15 is 0 Å². The first-order valence-corrected chi connectivity index (χ1v) is 4.04. The van der Waals surface area contributed by atoms with E-state index in [1.807, 2.05) is 0 Å². The van der Waals surface area contributed by atoms with Crippen LogP contribution in [0.25, 0.3) is 0 Å². The second kappa shape index (κ2) is 4.48. The van der Waals surface area contributed by atoms with Crippen LogP contribution < -0.4 is 10.5 Å². The lowest BCUT2D eigenvalue weighted by Crippen LogP contribution is -2.20. The van der Waals surface area contributed by atoms with Gasteiger partial charge in [-0.15, -0.1) is 0 Å². The van der Waals surface area contributed by atoms with Gasteiger partial charge in [0.15, 0.2) is 11.6 Å². The Balaban J connectivity index is 3.21. The average molecular weight is 223 g/mol. The summed E-state index contributed by atoms with van der Waals surface area (Å²) in [6, 6.07) is -0.396. The number of hydrogen-bond acceptors (Lipinski definition) is 2. The van der Waals surface area contributed by atoms with Gasteiger partial charge in [0.05, 0.1) is 13.2 Å². The van der Waals surface area contributed by atoms with E-state index in [9.17, 15) is 17.6 Å². The highest BCUT2D eigenvalue weighted by atomic mass is 19.3. The number of nitrogens with two attached hydrogens (primary N) is 1. The first-order valence-electron chi connectivity index (χ1n) is 4.04. The Morgan fingerprint density at radius 2 is 1.73 bits per heavy atom. The molecule has 15 heavy (non-hydrogen) atoms. The second-order valence-electron chi connectivity index (χ2n) is 2.87. The van der Waals surface area contributed by atoms with Crippen LogP contribution in [-0.4, -0.2) is 13.5 Å². The van der Waals surface area contributed by atoms with Crippen LogP contribution in [0.15, 0.2) is 12.1 Å². The van der Waals surface area contributed by atoms with E-state index in [0.717, 1.165) is 7.11 Å². The van der Waals surface area contributed by atoms with Crippen LogP contribution in [0.1, 0.15) is 11.6 Å². The molecular weight excluding hydrogens is 214 g/mol. The van der Waals surface area contributed by atoms with Crippen LogP contribution in [0.3, 0.4) is 0 Å². The van der Waals surface area contributed by atoms with Gasteiger partial charge < -0.3 is 10.5 Å². The monoisotopic (exact) mass is 223 g/mol. The van der Waals surface area contributed by atoms with Crippen molar-refractivity contribution < 1.29 is 22.3 Å². The summed E-state index contributed by atoms with van der Waals surface area (Å²) < 4.78 is 54.7. The van der Waals surface area contributed by atoms with Crippen molar-refractivity contribution in [1.29, 1.82) is 0 Å². The highest BCUT2D eigenvalue weighted by Crippen LogP contribution is 2.29. The summed E-state index contributed by atoms with van der Waals surface area (Å²) in [6.07, 6.45) is -2.87. The van der Waals surface area contributed by atoms with Gasteiger partial charge in [-0.2, -0.15) is 0 Å². The van der Waals surface area contributed by atoms with Crippen molar-refractivity contribution in [2.24, 2.45) is 5.73 Å². The zero-order valence-electron chi connectivity index (χ0n) is 7.81. The molecule has 0 aliphatic carbocycles. The second-order valence-corrected chi connectivity index (χ2v) is 2.87. The molecule has 0 amide bonds. The van der Waals surface area contributed by atoms with Crippen LogP contribution >= 0.6 is 0 Å². The summed E-state index contributed by atoms with van der Waals surface area (Å²) in [5, 5.41) is 0. The smallest absolute Gasteiger partial charge is 0.257 e. The third-order valence-electron chi connectivity index (χ3n) is 1.90. The number of hydrogen-bond donors (Lipinski definition) is 1. The summed E-state index contributed by atoms with van der Waals surface area (Å²) in [4.78, 5) is 0. The number of rotatable bonds is 3. The first kappa shape index (κ1) is 11.8. The van der Waals surface area contributed by atoms with Crippen LogP contribution in [-0.2, 0) is 0 Å². The predicted molar refractivity (Wildman–Crippen MR) is 45.8 cm³/mol. The first-order chi connectivity index (χ1) is 6.97. The normalized spacial score (nSPS) is 13.0. The fourth-order valence-electron chi connectivity index (χ4n) is 1.12. The van der Waals surface area contributed by atoms with Crippen LogP contribution in [0.2, 0.25) is 0 Å². The number of alkyl halides is 2. The molecule has 0 heterocycles. The molecule has 1 aromatic carbocycles. The minimum absolute atomic E-state index is 0.193. The van der Waals surface area contributed by atoms with Crippen molar-refractivity contribution >= 4 is 0 Å². The Bertz CT molecular complexity index is 356. The summed E-state index contributed by atoms with van der Waals surface area (Å²) in [5.41, 5.74) is 4.86. The molecule has 2 N–H and O–H groups in total. The number of methoxy groups -OCH3 is 1. The summed E-state index contributed by atoms with van der Waals surface area (Å²) in [7, 11) is 1.16. The number of benzene rings is 1. The lowest BCUT2D eigenvalue weighted by molar-refractivity contribution is 0.115. The molecule has 0 saturated heterocycles. The molecule has 0 aliphatic heterocycles. The van der Waals surface area contributed by atoms with Crippen LogP contribution in [0, 0.1) is 11.6 Å². The van der Waals surface area contributed by atoms with E-state index in [4.69, 9.17) is 5.73 Å². The molecule has 0 bridgehead atoms. The molecule has 1 aromatic rings. The summed E-state index contributed by atoms with van der Waals surface area (Å²) in [6.45, 7) is 0. The fraction of sp³-hybridized carbons (Fsp3) is 0.333. The standard InChI is InChI=1S/C9H9F4NO/c1-15-7-3-6(11)5(10)2-4(7)8(14)9(12)13/h2-3,8-9H,14H2,1H3. The zero-order chi connectivity index (χ0) is 11.6. The molecule has 2 nitrogen and oxygen atoms in total. The molecule has 1 rings (SSSR count). The zero-order valence-corrected chi connectivity index (χ0v) is 7.81. The third kappa shape index (κ3) is 2.38. The molecule has 0 radical (unpaired) electrons. The molecular formula is C9H9F4NO. The van der Waals surface area contributed by atoms with Crippen molar-refractivity contribution in [3.05, 3.63) is 29.3 Å². The molecule has 0 spiro atoms. The maximum absolute atomic E-state index is 12.8. The third-order valence-corrected chi connectivity index (χ3v) is 1.90. The molecule has 0 aromatic heterocycles. The minimum atomic E-state index is -2.87. The summed E-state index contributed by atoms with van der Waals surface area (Å²) in [5.74, 6) is -2.60. The van der Waals surface area contributed by atoms with Crippen LogP contribution in [0.5, 0.6) is 5.75 Å². The predicted octanol–water partition coefficient (Wildman–Crippen LogP) is 2.24. The van der Waals surface area contributed by atoms with Crippen LogP contribution in [0.4, 0.5) is 17.6 Å². The molecule has 1 atom stereocenters. The molecule has 0 aliphatic rings. The molecule has 6 heteroatoms. The number of halogens is 4. The quantitative estimate of drug-likeness (QED) is 0.797. The highest BCUT2D eigenvalue weighted by molar-refractivity contribution is 5.37. The van der Waals surface area contributed by atoms with E-state index in [-0.39, 0.29) is 11.3 Å². The molecule has 84 valence electrons. The van der Waals surface area contributed by atoms with Crippen molar-refractivity contribution in [1.82, 2.24) is 0 Å². The lowest BCUT2D eigenvalue weighted by atomic mass is 10.1. The van der Waals surface area contributed by atoms with E-state index in [1.54, 1.807) is 0 Å². The van der Waals surface area contributed by atoms with Gasteiger partial charge in [-0.3, -0.25) is 0 Å². The van der Waals surface area contributed by atoms with Gasteiger partial charge in [0.25, 0.3) is 6.43 Å². The Kier molecular flexibility index (Phi) is 3.52. The van der Waals surface area contributed by atoms with Crippen molar-refractivity contribution in [2.75, 3.05) is 7.11 Å². The largest absolute Gasteiger partial charge is 0.496 e. The Morgan fingerprint density at radius 1 is 1.20 bits per heavy atom. The van der Waals surface area contributed by atoms with E-state index < -0.39 is 24.1 Å². The SMILES string of the molecule is COc1cc(F)c(F)cc1C(N)C(F)F. The Morgan fingerprint density at radius 3 is 2.20 bits per heavy atom. The fourth-order valence-corrected chi connectivity index (χ4v) is 1.12. The van der Waals surface area contributed by atoms with Gasteiger partial charge in [0.1, 0.15) is 5.75 Å². The van der Waals surface area contributed by atoms with E-state index in [0.29, 0.717) is 12.1 Å². The van der Waals surface area contributed by atoms with Gasteiger partial charge in [0, 0.05) is 11.6 Å².